The van der Waals surface area contributed by atoms with E-state index in [9.17, 15) is 0 Å². The first-order valence-corrected chi connectivity index (χ1v) is 14.8. The number of aryl methyl sites for hydroxylation is 1. The highest BCUT2D eigenvalue weighted by Gasteiger charge is 2.39. The Bertz CT molecular complexity index is 749. The summed E-state index contributed by atoms with van der Waals surface area (Å²) in [7, 11) is -2.64. The zero-order valence-electron chi connectivity index (χ0n) is 21.2. The Kier molecular flexibility index (Phi) is 13.4. The maximum atomic E-state index is 6.49. The molecule has 4 nitrogen and oxygen atoms in total. The first kappa shape index (κ1) is 27.6. The van der Waals surface area contributed by atoms with Gasteiger partial charge in [-0.1, -0.05) is 81.1 Å². The van der Waals surface area contributed by atoms with E-state index in [4.69, 9.17) is 18.0 Å². The molecular weight excluding hydrogens is 428 g/mol. The van der Waals surface area contributed by atoms with Crippen LogP contribution in [0.4, 0.5) is 0 Å². The van der Waals surface area contributed by atoms with E-state index in [1.807, 2.05) is 20.8 Å². The van der Waals surface area contributed by atoms with E-state index in [0.717, 1.165) is 24.6 Å². The zero-order chi connectivity index (χ0) is 23.8. The summed E-state index contributed by atoms with van der Waals surface area (Å²) in [5, 5.41) is 0. The van der Waals surface area contributed by atoms with Crippen molar-refractivity contribution in [2.45, 2.75) is 78.7 Å². The summed E-state index contributed by atoms with van der Waals surface area (Å²) < 4.78 is 24.5. The summed E-state index contributed by atoms with van der Waals surface area (Å²) in [5.74, 6) is 1.02. The highest BCUT2D eigenvalue weighted by atomic mass is 28.4. The van der Waals surface area contributed by atoms with Gasteiger partial charge in [0.25, 0.3) is 0 Å². The fourth-order valence-corrected chi connectivity index (χ4v) is 6.76. The van der Waals surface area contributed by atoms with Gasteiger partial charge in [0.2, 0.25) is 0 Å². The fourth-order valence-electron chi connectivity index (χ4n) is 4.18. The largest absolute Gasteiger partial charge is 0.501 e. The molecule has 0 heterocycles. The van der Waals surface area contributed by atoms with Crippen molar-refractivity contribution in [3.05, 3.63) is 54.1 Å². The Morgan fingerprint density at radius 2 is 1.33 bits per heavy atom. The normalized spacial score (nSPS) is 11.6. The van der Waals surface area contributed by atoms with Gasteiger partial charge >= 0.3 is 8.80 Å². The van der Waals surface area contributed by atoms with Crippen molar-refractivity contribution in [2.75, 3.05) is 26.4 Å². The van der Waals surface area contributed by atoms with Crippen molar-refractivity contribution in [1.29, 1.82) is 0 Å². The SMILES string of the molecule is CCCCCCCc1cccc(-c2ccccc2)c1OCCC[Si](OCC)(OCC)OCC. The molecule has 0 aliphatic rings. The van der Waals surface area contributed by atoms with Crippen molar-refractivity contribution in [3.63, 3.8) is 0 Å². The van der Waals surface area contributed by atoms with Crippen molar-refractivity contribution in [3.8, 4) is 16.9 Å². The first-order chi connectivity index (χ1) is 16.2. The molecule has 2 aromatic carbocycles. The number of rotatable bonds is 18. The van der Waals surface area contributed by atoms with Crippen molar-refractivity contribution >= 4 is 8.80 Å². The van der Waals surface area contributed by atoms with Gasteiger partial charge < -0.3 is 18.0 Å². The average Bonchev–Trinajstić information content (AvgIpc) is 2.83. The summed E-state index contributed by atoms with van der Waals surface area (Å²) in [6.07, 6.45) is 8.26. The molecular formula is C28H44O4Si. The van der Waals surface area contributed by atoms with E-state index in [-0.39, 0.29) is 0 Å². The molecule has 0 radical (unpaired) electrons. The van der Waals surface area contributed by atoms with Crippen LogP contribution in [-0.4, -0.2) is 35.2 Å². The molecule has 0 bridgehead atoms. The summed E-state index contributed by atoms with van der Waals surface area (Å²) in [6.45, 7) is 10.7. The molecule has 5 heteroatoms. The summed E-state index contributed by atoms with van der Waals surface area (Å²) in [5.41, 5.74) is 3.67. The highest BCUT2D eigenvalue weighted by molar-refractivity contribution is 6.60. The lowest BCUT2D eigenvalue weighted by Crippen LogP contribution is -2.46. The van der Waals surface area contributed by atoms with Crippen LogP contribution in [0.15, 0.2) is 48.5 Å². The minimum atomic E-state index is -2.64. The Labute approximate surface area is 203 Å². The quantitative estimate of drug-likeness (QED) is 0.165. The standard InChI is InChI=1S/C28H44O4Si/c1-5-9-10-11-13-20-26-21-16-22-27(25-18-14-12-15-19-25)28(26)29-23-17-24-33(30-6-2,31-7-3)32-8-4/h12,14-16,18-19,21-22H,5-11,13,17,20,23-24H2,1-4H3. The molecule has 0 unspecified atom stereocenters. The minimum Gasteiger partial charge on any atom is -0.493 e. The van der Waals surface area contributed by atoms with Gasteiger partial charge in [0.1, 0.15) is 5.75 Å². The molecule has 0 aliphatic carbocycles. The smallest absolute Gasteiger partial charge is 0.493 e. The summed E-state index contributed by atoms with van der Waals surface area (Å²) >= 11 is 0. The molecule has 0 spiro atoms. The van der Waals surface area contributed by atoms with E-state index >= 15 is 0 Å². The lowest BCUT2D eigenvalue weighted by Gasteiger charge is -2.28. The van der Waals surface area contributed by atoms with E-state index in [0.29, 0.717) is 26.4 Å². The number of unbranched alkanes of at least 4 members (excludes halogenated alkanes) is 4. The highest BCUT2D eigenvalue weighted by Crippen LogP contribution is 2.34. The number of para-hydroxylation sites is 1. The number of hydrogen-bond donors (Lipinski definition) is 0. The van der Waals surface area contributed by atoms with Crippen molar-refractivity contribution < 1.29 is 18.0 Å². The third-order valence-corrected chi connectivity index (χ3v) is 8.85. The van der Waals surface area contributed by atoms with Crippen LogP contribution in [0.25, 0.3) is 11.1 Å². The van der Waals surface area contributed by atoms with Gasteiger partial charge in [-0.3, -0.25) is 0 Å². The molecule has 0 aromatic heterocycles. The molecule has 0 N–H and O–H groups in total. The predicted octanol–water partition coefficient (Wildman–Crippen LogP) is 7.68. The monoisotopic (exact) mass is 472 g/mol. The van der Waals surface area contributed by atoms with Gasteiger partial charge in [-0.25, -0.2) is 0 Å². The van der Waals surface area contributed by atoms with Crippen LogP contribution in [0.2, 0.25) is 6.04 Å². The van der Waals surface area contributed by atoms with Gasteiger partial charge in [-0.05, 0) is 51.2 Å². The van der Waals surface area contributed by atoms with Crippen LogP contribution < -0.4 is 4.74 Å². The molecule has 0 fully saturated rings. The molecule has 0 saturated heterocycles. The number of hydrogen-bond acceptors (Lipinski definition) is 4. The summed E-state index contributed by atoms with van der Waals surface area (Å²) in [6, 6.07) is 17.9. The molecule has 2 rings (SSSR count). The molecule has 2 aromatic rings. The zero-order valence-corrected chi connectivity index (χ0v) is 22.2. The second-order valence-corrected chi connectivity index (χ2v) is 11.0. The van der Waals surface area contributed by atoms with Crippen molar-refractivity contribution in [1.82, 2.24) is 0 Å². The second-order valence-electron chi connectivity index (χ2n) is 8.26. The van der Waals surface area contributed by atoms with Crippen molar-refractivity contribution in [2.24, 2.45) is 0 Å². The number of ether oxygens (including phenoxy) is 1. The van der Waals surface area contributed by atoms with Crippen LogP contribution in [0.3, 0.4) is 0 Å². The van der Waals surface area contributed by atoms with Crippen LogP contribution in [0, 0.1) is 0 Å². The third-order valence-electron chi connectivity index (χ3n) is 5.70. The maximum Gasteiger partial charge on any atom is 0.501 e. The molecule has 0 atom stereocenters. The van der Waals surface area contributed by atoms with Crippen LogP contribution in [0.1, 0.15) is 71.8 Å². The molecule has 0 aliphatic heterocycles. The van der Waals surface area contributed by atoms with Crippen LogP contribution in [0.5, 0.6) is 5.75 Å². The maximum absolute atomic E-state index is 6.49. The third kappa shape index (κ3) is 9.24. The lowest BCUT2D eigenvalue weighted by molar-refractivity contribution is 0.0696. The van der Waals surface area contributed by atoms with Crippen LogP contribution >= 0.6 is 0 Å². The predicted molar refractivity (Wildman–Crippen MR) is 140 cm³/mol. The Hall–Kier alpha value is -1.66. The lowest BCUT2D eigenvalue weighted by atomic mass is 9.98. The summed E-state index contributed by atoms with van der Waals surface area (Å²) in [4.78, 5) is 0. The molecule has 0 amide bonds. The fraction of sp³-hybridized carbons (Fsp3) is 0.571. The molecule has 33 heavy (non-hydrogen) atoms. The van der Waals surface area contributed by atoms with Gasteiger partial charge in [-0.2, -0.15) is 0 Å². The van der Waals surface area contributed by atoms with Crippen LogP contribution in [-0.2, 0) is 19.7 Å². The van der Waals surface area contributed by atoms with Gasteiger partial charge in [0, 0.05) is 31.4 Å². The minimum absolute atomic E-state index is 0.603. The molecule has 184 valence electrons. The Morgan fingerprint density at radius 1 is 0.667 bits per heavy atom. The van der Waals surface area contributed by atoms with Gasteiger partial charge in [0.15, 0.2) is 0 Å². The van der Waals surface area contributed by atoms with E-state index < -0.39 is 8.80 Å². The van der Waals surface area contributed by atoms with E-state index in [1.54, 1.807) is 0 Å². The average molecular weight is 473 g/mol. The number of benzene rings is 2. The second kappa shape index (κ2) is 16.0. The topological polar surface area (TPSA) is 36.9 Å². The Morgan fingerprint density at radius 3 is 1.97 bits per heavy atom. The first-order valence-electron chi connectivity index (χ1n) is 12.9. The van der Waals surface area contributed by atoms with E-state index in [1.165, 1.54) is 48.8 Å². The molecule has 0 saturated carbocycles. The Balaban J connectivity index is 2.11. The van der Waals surface area contributed by atoms with E-state index in [2.05, 4.69) is 55.5 Å². The van der Waals surface area contributed by atoms with Gasteiger partial charge in [-0.15, -0.1) is 0 Å². The van der Waals surface area contributed by atoms with Gasteiger partial charge in [0.05, 0.1) is 6.61 Å².